The average molecular weight is 305 g/mol. The Kier molecular flexibility index (Phi) is 2.29. The Balaban J connectivity index is 1.81. The van der Waals surface area contributed by atoms with E-state index >= 15 is 0 Å². The summed E-state index contributed by atoms with van der Waals surface area (Å²) < 4.78 is 32.8. The standard InChI is InChI=1S/C9H7BrF2N4O/c10-8-13-2-6(7-15-14-4-16(7)8)17-3-5-1-9(5,11)12/h2,4-5H,1,3H2. The van der Waals surface area contributed by atoms with Gasteiger partial charge in [0.2, 0.25) is 5.65 Å². The average Bonchev–Trinajstić information content (AvgIpc) is 2.73. The number of fused-ring (bicyclic) bond motifs is 1. The van der Waals surface area contributed by atoms with Crippen LogP contribution >= 0.6 is 15.9 Å². The molecule has 1 fully saturated rings. The lowest BCUT2D eigenvalue weighted by molar-refractivity contribution is 0.0856. The van der Waals surface area contributed by atoms with E-state index in [2.05, 4.69) is 31.1 Å². The molecule has 1 atom stereocenters. The predicted molar refractivity (Wildman–Crippen MR) is 57.0 cm³/mol. The van der Waals surface area contributed by atoms with Gasteiger partial charge in [0.05, 0.1) is 18.7 Å². The van der Waals surface area contributed by atoms with Crippen molar-refractivity contribution in [2.45, 2.75) is 12.3 Å². The van der Waals surface area contributed by atoms with Gasteiger partial charge in [-0.05, 0) is 15.9 Å². The second kappa shape index (κ2) is 3.59. The molecular weight excluding hydrogens is 298 g/mol. The molecule has 17 heavy (non-hydrogen) atoms. The molecule has 8 heteroatoms. The van der Waals surface area contributed by atoms with E-state index in [0.717, 1.165) is 0 Å². The van der Waals surface area contributed by atoms with Crippen molar-refractivity contribution in [2.24, 2.45) is 5.92 Å². The summed E-state index contributed by atoms with van der Waals surface area (Å²) in [6.07, 6.45) is 2.79. The summed E-state index contributed by atoms with van der Waals surface area (Å²) in [7, 11) is 0. The normalized spacial score (nSPS) is 21.7. The molecule has 90 valence electrons. The van der Waals surface area contributed by atoms with Crippen molar-refractivity contribution in [3.63, 3.8) is 0 Å². The SMILES string of the molecule is FC1(F)CC1COc1cnc(Br)n2cnnc12. The fourth-order valence-electron chi connectivity index (χ4n) is 1.51. The van der Waals surface area contributed by atoms with Gasteiger partial charge in [0.25, 0.3) is 5.92 Å². The molecule has 1 saturated carbocycles. The van der Waals surface area contributed by atoms with E-state index in [1.54, 1.807) is 4.40 Å². The van der Waals surface area contributed by atoms with Crippen LogP contribution in [0.25, 0.3) is 5.65 Å². The third kappa shape index (κ3) is 1.86. The van der Waals surface area contributed by atoms with Crippen LogP contribution in [0.2, 0.25) is 0 Å². The van der Waals surface area contributed by atoms with Crippen LogP contribution in [0.15, 0.2) is 17.3 Å². The highest BCUT2D eigenvalue weighted by Crippen LogP contribution is 2.48. The number of halogens is 3. The highest BCUT2D eigenvalue weighted by Gasteiger charge is 2.57. The summed E-state index contributed by atoms with van der Waals surface area (Å²) in [5, 5.41) is 7.55. The zero-order chi connectivity index (χ0) is 12.0. The molecule has 0 bridgehead atoms. The largest absolute Gasteiger partial charge is 0.488 e. The summed E-state index contributed by atoms with van der Waals surface area (Å²) in [6, 6.07) is 0. The van der Waals surface area contributed by atoms with Crippen molar-refractivity contribution >= 4 is 21.6 Å². The van der Waals surface area contributed by atoms with Gasteiger partial charge in [0.15, 0.2) is 10.5 Å². The lowest BCUT2D eigenvalue weighted by Crippen LogP contribution is -2.07. The fourth-order valence-corrected chi connectivity index (χ4v) is 1.87. The molecule has 2 heterocycles. The molecule has 0 aromatic carbocycles. The number of aromatic nitrogens is 4. The Bertz CT molecular complexity index is 573. The molecule has 0 radical (unpaired) electrons. The first-order chi connectivity index (χ1) is 8.08. The van der Waals surface area contributed by atoms with Crippen LogP contribution in [-0.4, -0.2) is 32.1 Å². The van der Waals surface area contributed by atoms with Gasteiger partial charge in [-0.25, -0.2) is 13.8 Å². The summed E-state index contributed by atoms with van der Waals surface area (Å²) >= 11 is 3.22. The predicted octanol–water partition coefficient (Wildman–Crippen LogP) is 1.92. The Hall–Kier alpha value is -1.31. The maximum absolute atomic E-state index is 12.7. The molecule has 0 aliphatic heterocycles. The van der Waals surface area contributed by atoms with Crippen molar-refractivity contribution in [3.05, 3.63) is 17.3 Å². The van der Waals surface area contributed by atoms with Gasteiger partial charge in [-0.3, -0.25) is 4.40 Å². The minimum Gasteiger partial charge on any atom is -0.488 e. The first-order valence-corrected chi connectivity index (χ1v) is 5.72. The lowest BCUT2D eigenvalue weighted by atomic mass is 10.4. The molecule has 0 saturated heterocycles. The van der Waals surface area contributed by atoms with Crippen molar-refractivity contribution in [2.75, 3.05) is 6.61 Å². The minimum atomic E-state index is -2.58. The quantitative estimate of drug-likeness (QED) is 0.813. The maximum atomic E-state index is 12.7. The number of alkyl halides is 2. The van der Waals surface area contributed by atoms with Crippen LogP contribution in [0.3, 0.4) is 0 Å². The highest BCUT2D eigenvalue weighted by atomic mass is 79.9. The summed E-state index contributed by atoms with van der Waals surface area (Å²) in [5.41, 5.74) is 0.454. The maximum Gasteiger partial charge on any atom is 0.255 e. The van der Waals surface area contributed by atoms with E-state index in [9.17, 15) is 8.78 Å². The summed E-state index contributed by atoms with van der Waals surface area (Å²) in [6.45, 7) is -0.0289. The molecule has 3 rings (SSSR count). The van der Waals surface area contributed by atoms with E-state index in [-0.39, 0.29) is 13.0 Å². The molecule has 0 N–H and O–H groups in total. The van der Waals surface area contributed by atoms with Gasteiger partial charge in [-0.1, -0.05) is 0 Å². The van der Waals surface area contributed by atoms with Crippen molar-refractivity contribution in [3.8, 4) is 5.75 Å². The number of ether oxygens (including phenoxy) is 1. The van der Waals surface area contributed by atoms with Crippen molar-refractivity contribution < 1.29 is 13.5 Å². The van der Waals surface area contributed by atoms with Gasteiger partial charge in [-0.15, -0.1) is 10.2 Å². The number of rotatable bonds is 3. The second-order valence-corrected chi connectivity index (χ2v) is 4.60. The second-order valence-electron chi connectivity index (χ2n) is 3.89. The molecule has 5 nitrogen and oxygen atoms in total. The van der Waals surface area contributed by atoms with Gasteiger partial charge in [0, 0.05) is 6.42 Å². The van der Waals surface area contributed by atoms with E-state index in [4.69, 9.17) is 4.74 Å². The number of hydrogen-bond acceptors (Lipinski definition) is 4. The van der Waals surface area contributed by atoms with Crippen LogP contribution in [0.5, 0.6) is 5.75 Å². The van der Waals surface area contributed by atoms with Crippen LogP contribution in [0.1, 0.15) is 6.42 Å². The van der Waals surface area contributed by atoms with E-state index in [0.29, 0.717) is 16.1 Å². The smallest absolute Gasteiger partial charge is 0.255 e. The first kappa shape index (κ1) is 10.8. The molecule has 0 spiro atoms. The topological polar surface area (TPSA) is 52.3 Å². The van der Waals surface area contributed by atoms with E-state index < -0.39 is 11.8 Å². The van der Waals surface area contributed by atoms with Crippen LogP contribution < -0.4 is 4.74 Å². The molecule has 2 aromatic rings. The first-order valence-electron chi connectivity index (χ1n) is 4.93. The number of hydrogen-bond donors (Lipinski definition) is 0. The fraction of sp³-hybridized carbons (Fsp3) is 0.444. The monoisotopic (exact) mass is 304 g/mol. The van der Waals surface area contributed by atoms with Crippen LogP contribution in [0.4, 0.5) is 8.78 Å². The van der Waals surface area contributed by atoms with Crippen LogP contribution in [-0.2, 0) is 0 Å². The highest BCUT2D eigenvalue weighted by molar-refractivity contribution is 9.10. The van der Waals surface area contributed by atoms with Gasteiger partial charge < -0.3 is 4.74 Å². The Morgan fingerprint density at radius 1 is 1.59 bits per heavy atom. The zero-order valence-electron chi connectivity index (χ0n) is 8.48. The summed E-state index contributed by atoms with van der Waals surface area (Å²) in [4.78, 5) is 4.00. The van der Waals surface area contributed by atoms with Gasteiger partial charge in [-0.2, -0.15) is 0 Å². The van der Waals surface area contributed by atoms with E-state index in [1.807, 2.05) is 0 Å². The molecule has 1 unspecified atom stereocenters. The molecule has 1 aliphatic rings. The van der Waals surface area contributed by atoms with Gasteiger partial charge in [0.1, 0.15) is 6.33 Å². The minimum absolute atomic E-state index is 0.0289. The molecule has 2 aromatic heterocycles. The van der Waals surface area contributed by atoms with Crippen molar-refractivity contribution in [1.29, 1.82) is 0 Å². The Labute approximate surface area is 103 Å². The van der Waals surface area contributed by atoms with Gasteiger partial charge >= 0.3 is 0 Å². The molecular formula is C9H7BrF2N4O. The third-order valence-electron chi connectivity index (χ3n) is 2.65. The number of nitrogens with zero attached hydrogens (tertiary/aromatic N) is 4. The molecule has 0 amide bonds. The molecule has 1 aliphatic carbocycles. The van der Waals surface area contributed by atoms with Crippen molar-refractivity contribution in [1.82, 2.24) is 19.6 Å². The lowest BCUT2D eigenvalue weighted by Gasteiger charge is -2.06. The third-order valence-corrected chi connectivity index (χ3v) is 3.24. The van der Waals surface area contributed by atoms with Crippen LogP contribution in [0, 0.1) is 5.92 Å². The zero-order valence-corrected chi connectivity index (χ0v) is 10.1. The summed E-state index contributed by atoms with van der Waals surface area (Å²) in [5.74, 6) is -2.92. The Morgan fingerprint density at radius 3 is 3.06 bits per heavy atom. The van der Waals surface area contributed by atoms with E-state index in [1.165, 1.54) is 12.5 Å². The Morgan fingerprint density at radius 2 is 2.35 bits per heavy atom.